The first-order valence-corrected chi connectivity index (χ1v) is 10.3. The molecule has 1 aromatic carbocycles. The summed E-state index contributed by atoms with van der Waals surface area (Å²) in [6, 6.07) is 12.9. The molecule has 0 spiro atoms. The zero-order chi connectivity index (χ0) is 25.3. The van der Waals surface area contributed by atoms with Gasteiger partial charge in [-0.3, -0.25) is 19.3 Å². The zero-order valence-electron chi connectivity index (χ0n) is 18.6. The van der Waals surface area contributed by atoms with E-state index in [1.54, 1.807) is 12.3 Å². The molecule has 0 aliphatic carbocycles. The van der Waals surface area contributed by atoms with Crippen molar-refractivity contribution in [1.82, 2.24) is 9.88 Å². The van der Waals surface area contributed by atoms with E-state index >= 15 is 0 Å². The van der Waals surface area contributed by atoms with Crippen molar-refractivity contribution >= 4 is 30.1 Å². The van der Waals surface area contributed by atoms with Crippen LogP contribution in [0.15, 0.2) is 53.8 Å². The summed E-state index contributed by atoms with van der Waals surface area (Å²) in [5.41, 5.74) is 7.68. The first-order chi connectivity index (χ1) is 16.1. The molecule has 8 nitrogen and oxygen atoms in total. The van der Waals surface area contributed by atoms with Crippen LogP contribution in [0.5, 0.6) is 0 Å². The van der Waals surface area contributed by atoms with E-state index in [0.29, 0.717) is 12.2 Å². The van der Waals surface area contributed by atoms with Crippen molar-refractivity contribution in [1.29, 1.82) is 0 Å². The Balaban J connectivity index is 0.000000604. The van der Waals surface area contributed by atoms with Gasteiger partial charge in [0.1, 0.15) is 12.9 Å². The van der Waals surface area contributed by atoms with Crippen LogP contribution in [0.3, 0.4) is 0 Å². The second kappa shape index (κ2) is 11.9. The molecule has 0 bridgehead atoms. The molecular weight excluding hydrogens is 453 g/mol. The molecule has 2 aromatic rings. The van der Waals surface area contributed by atoms with Gasteiger partial charge in [-0.2, -0.15) is 13.2 Å². The lowest BCUT2D eigenvalue weighted by molar-refractivity contribution is -0.162. The number of amides is 2. The number of rotatable bonds is 7. The number of hydrogen-bond acceptors (Lipinski definition) is 7. The molecule has 2 N–H and O–H groups in total. The largest absolute Gasteiger partial charge is 0.446 e. The summed E-state index contributed by atoms with van der Waals surface area (Å²) >= 11 is 0. The van der Waals surface area contributed by atoms with Crippen molar-refractivity contribution in [2.75, 3.05) is 12.8 Å². The number of benzene rings is 1. The minimum Gasteiger partial charge on any atom is -0.399 e. The van der Waals surface area contributed by atoms with E-state index in [1.165, 1.54) is 18.2 Å². The van der Waals surface area contributed by atoms with Crippen LogP contribution in [0.4, 0.5) is 19.0 Å². The molecule has 11 heteroatoms. The number of nitrogens with two attached hydrogens (primary N) is 1. The Bertz CT molecular complexity index is 1010. The number of nitrogen functional groups attached to an aromatic ring is 1. The average Bonchev–Trinajstić information content (AvgIpc) is 2.80. The molecule has 2 heterocycles. The normalized spacial score (nSPS) is 18.5. The Morgan fingerprint density at radius 3 is 2.50 bits per heavy atom. The van der Waals surface area contributed by atoms with Gasteiger partial charge in [-0.25, -0.2) is 4.98 Å². The van der Waals surface area contributed by atoms with Crippen LogP contribution in [-0.4, -0.2) is 53.5 Å². The fourth-order valence-corrected chi connectivity index (χ4v) is 3.50. The van der Waals surface area contributed by atoms with Crippen LogP contribution in [-0.2, 0) is 25.6 Å². The summed E-state index contributed by atoms with van der Waals surface area (Å²) in [4.78, 5) is 44.3. The van der Waals surface area contributed by atoms with Crippen LogP contribution in [0.2, 0.25) is 0 Å². The van der Waals surface area contributed by atoms with Gasteiger partial charge in [0.2, 0.25) is 18.1 Å². The average molecular weight is 478 g/mol. The summed E-state index contributed by atoms with van der Waals surface area (Å²) in [6.07, 6.45) is -1.86. The molecule has 182 valence electrons. The van der Waals surface area contributed by atoms with Crippen molar-refractivity contribution in [3.05, 3.63) is 59.8 Å². The lowest BCUT2D eigenvalue weighted by atomic mass is 9.82. The molecule has 1 aromatic heterocycles. The molecule has 1 aliphatic heterocycles. The van der Waals surface area contributed by atoms with Crippen molar-refractivity contribution < 1.29 is 32.4 Å². The van der Waals surface area contributed by atoms with E-state index in [1.807, 2.05) is 43.3 Å². The third-order valence-electron chi connectivity index (χ3n) is 5.14. The molecule has 1 saturated heterocycles. The van der Waals surface area contributed by atoms with Crippen LogP contribution in [0.1, 0.15) is 30.4 Å². The van der Waals surface area contributed by atoms with E-state index in [0.717, 1.165) is 11.1 Å². The molecular formula is C23H25F3N4O4. The molecule has 0 radical (unpaired) electrons. The van der Waals surface area contributed by atoms with Gasteiger partial charge in [0.25, 0.3) is 0 Å². The smallest absolute Gasteiger partial charge is 0.399 e. The van der Waals surface area contributed by atoms with Crippen LogP contribution in [0, 0.1) is 5.92 Å². The highest BCUT2D eigenvalue weighted by Crippen LogP contribution is 2.32. The van der Waals surface area contributed by atoms with Gasteiger partial charge in [0.05, 0.1) is 18.2 Å². The predicted octanol–water partition coefficient (Wildman–Crippen LogP) is 3.13. The van der Waals surface area contributed by atoms with E-state index in [2.05, 4.69) is 10.1 Å². The molecule has 34 heavy (non-hydrogen) atoms. The monoisotopic (exact) mass is 478 g/mol. The first kappa shape index (κ1) is 26.5. The Morgan fingerprint density at radius 1 is 1.29 bits per heavy atom. The molecule has 0 saturated carbocycles. The summed E-state index contributed by atoms with van der Waals surface area (Å²) in [5.74, 6) is -0.374. The topological polar surface area (TPSA) is 115 Å². The highest BCUT2D eigenvalue weighted by molar-refractivity contribution is 6.06. The number of pyridine rings is 1. The Hall–Kier alpha value is -3.76. The maximum absolute atomic E-state index is 12.8. The molecule has 2 amide bonds. The zero-order valence-corrected chi connectivity index (χ0v) is 18.6. The van der Waals surface area contributed by atoms with Crippen molar-refractivity contribution in [2.24, 2.45) is 11.1 Å². The van der Waals surface area contributed by atoms with Gasteiger partial charge in [0.15, 0.2) is 0 Å². The number of likely N-dealkylation sites (tertiary alicyclic amines) is 1. The number of carbonyl (C=O) groups is 3. The molecule has 1 fully saturated rings. The molecule has 1 aliphatic rings. The second-order valence-electron chi connectivity index (χ2n) is 7.60. The number of nitrogens with zero attached hydrogens (tertiary/aromatic N) is 3. The highest BCUT2D eigenvalue weighted by Gasteiger charge is 2.49. The Morgan fingerprint density at radius 2 is 1.94 bits per heavy atom. The van der Waals surface area contributed by atoms with Gasteiger partial charge in [0, 0.05) is 12.6 Å². The van der Waals surface area contributed by atoms with Crippen molar-refractivity contribution in [3.63, 3.8) is 0 Å². The SMILES string of the molecule is CON=C[C@@H]1[C@@H](Cc2ccnc(N)c2)C(=O)N1C(=O)C[C@H](C)c1ccccc1.O=CC(F)(F)F. The van der Waals surface area contributed by atoms with Crippen molar-refractivity contribution in [3.8, 4) is 0 Å². The Labute approximate surface area is 194 Å². The number of imide groups is 1. The van der Waals surface area contributed by atoms with Crippen molar-refractivity contribution in [2.45, 2.75) is 37.9 Å². The molecule has 3 atom stereocenters. The molecule has 0 unspecified atom stereocenters. The number of oxime groups is 1. The predicted molar refractivity (Wildman–Crippen MR) is 119 cm³/mol. The van der Waals surface area contributed by atoms with Crippen LogP contribution in [0.25, 0.3) is 0 Å². The van der Waals surface area contributed by atoms with E-state index in [4.69, 9.17) is 15.4 Å². The number of hydrogen-bond donors (Lipinski definition) is 1. The maximum Gasteiger partial charge on any atom is 0.446 e. The summed E-state index contributed by atoms with van der Waals surface area (Å²) in [6.45, 7) is 1.98. The lowest BCUT2D eigenvalue weighted by Gasteiger charge is -2.44. The second-order valence-corrected chi connectivity index (χ2v) is 7.60. The summed E-state index contributed by atoms with van der Waals surface area (Å²) < 4.78 is 31.2. The van der Waals surface area contributed by atoms with Gasteiger partial charge in [-0.05, 0) is 35.6 Å². The highest BCUT2D eigenvalue weighted by atomic mass is 19.4. The van der Waals surface area contributed by atoms with Gasteiger partial charge >= 0.3 is 6.18 Å². The van der Waals surface area contributed by atoms with E-state index < -0.39 is 18.5 Å². The minimum atomic E-state index is -4.64. The first-order valence-electron chi connectivity index (χ1n) is 10.3. The number of aromatic nitrogens is 1. The van der Waals surface area contributed by atoms with Gasteiger partial charge in [-0.1, -0.05) is 42.4 Å². The Kier molecular flexibility index (Phi) is 9.28. The fourth-order valence-electron chi connectivity index (χ4n) is 3.50. The number of anilines is 1. The number of halogens is 3. The lowest BCUT2D eigenvalue weighted by Crippen LogP contribution is -2.64. The third kappa shape index (κ3) is 7.39. The van der Waals surface area contributed by atoms with Crippen LogP contribution >= 0.6 is 0 Å². The maximum atomic E-state index is 12.8. The number of β-lactam (4-membered cyclic amide) rings is 1. The quantitative estimate of drug-likeness (QED) is 0.283. The minimum absolute atomic E-state index is 0.0144. The number of aldehydes is 1. The summed E-state index contributed by atoms with van der Waals surface area (Å²) in [7, 11) is 1.43. The van der Waals surface area contributed by atoms with E-state index in [-0.39, 0.29) is 30.1 Å². The third-order valence-corrected chi connectivity index (χ3v) is 5.14. The summed E-state index contributed by atoms with van der Waals surface area (Å²) in [5, 5.41) is 3.80. The molecule has 3 rings (SSSR count). The number of carbonyl (C=O) groups excluding carboxylic acids is 3. The van der Waals surface area contributed by atoms with Gasteiger partial charge in [-0.15, -0.1) is 0 Å². The fraction of sp³-hybridized carbons (Fsp3) is 0.348. The number of alkyl halides is 3. The van der Waals surface area contributed by atoms with E-state index in [9.17, 15) is 22.8 Å². The van der Waals surface area contributed by atoms with Gasteiger partial charge < -0.3 is 10.6 Å². The van der Waals surface area contributed by atoms with Crippen LogP contribution < -0.4 is 5.73 Å². The standard InChI is InChI=1S/C21H24N4O3.C2HF3O/c1-14(16-6-4-3-5-7-16)10-20(26)25-18(13-24-28-2)17(21(25)27)11-15-8-9-23-19(22)12-15;3-2(4,5)1-6/h3-9,12-14,17-18H,10-11H2,1-2H3,(H2,22,23);1H/t14-,17+,18+;/m0./s1.